The van der Waals surface area contributed by atoms with Gasteiger partial charge in [0.05, 0.1) is 13.0 Å². The maximum absolute atomic E-state index is 11.0. The van der Waals surface area contributed by atoms with Crippen molar-refractivity contribution < 1.29 is 9.53 Å². The monoisotopic (exact) mass is 271 g/mol. The van der Waals surface area contributed by atoms with Gasteiger partial charge >= 0.3 is 5.97 Å². The highest BCUT2D eigenvalue weighted by molar-refractivity contribution is 9.10. The fourth-order valence-corrected chi connectivity index (χ4v) is 1.56. The number of carbonyl (C=O) groups excluding carboxylic acids is 1. The van der Waals surface area contributed by atoms with Crippen molar-refractivity contribution in [2.24, 2.45) is 0 Å². The fraction of sp³-hybridized carbons (Fsp3) is 0.364. The van der Waals surface area contributed by atoms with Gasteiger partial charge in [-0.15, -0.1) is 0 Å². The molecule has 0 aromatic heterocycles. The van der Waals surface area contributed by atoms with Crippen LogP contribution in [0, 0.1) is 0 Å². The zero-order valence-electron chi connectivity index (χ0n) is 8.63. The number of para-hydroxylation sites is 1. The summed E-state index contributed by atoms with van der Waals surface area (Å²) in [5.74, 6) is -0.169. The van der Waals surface area contributed by atoms with Gasteiger partial charge in [0, 0.05) is 16.7 Å². The molecule has 0 saturated heterocycles. The Bertz CT molecular complexity index is 328. The zero-order chi connectivity index (χ0) is 11.1. The summed E-state index contributed by atoms with van der Waals surface area (Å²) in [5.41, 5.74) is 0.988. The van der Waals surface area contributed by atoms with E-state index in [-0.39, 0.29) is 5.97 Å². The average molecular weight is 272 g/mol. The first kappa shape index (κ1) is 12.0. The van der Waals surface area contributed by atoms with Crippen molar-refractivity contribution in [3.05, 3.63) is 28.7 Å². The Morgan fingerprint density at radius 2 is 2.20 bits per heavy atom. The molecule has 0 spiro atoms. The highest BCUT2D eigenvalue weighted by Crippen LogP contribution is 2.20. The molecular weight excluding hydrogens is 258 g/mol. The van der Waals surface area contributed by atoms with E-state index in [1.165, 1.54) is 0 Å². The summed E-state index contributed by atoms with van der Waals surface area (Å²) < 4.78 is 5.81. The third-order valence-corrected chi connectivity index (χ3v) is 2.52. The van der Waals surface area contributed by atoms with Gasteiger partial charge in [-0.3, -0.25) is 4.79 Å². The number of hydrogen-bond donors (Lipinski definition) is 1. The van der Waals surface area contributed by atoms with Gasteiger partial charge in [-0.05, 0) is 35.0 Å². The van der Waals surface area contributed by atoms with Crippen LogP contribution in [0.5, 0.6) is 0 Å². The van der Waals surface area contributed by atoms with Gasteiger partial charge in [-0.1, -0.05) is 12.1 Å². The lowest BCUT2D eigenvalue weighted by molar-refractivity contribution is -0.142. The number of ether oxygens (including phenoxy) is 1. The molecule has 0 aliphatic heterocycles. The van der Waals surface area contributed by atoms with E-state index in [9.17, 15) is 4.79 Å². The molecule has 0 aliphatic rings. The third-order valence-electron chi connectivity index (χ3n) is 1.82. The molecule has 1 N–H and O–H groups in total. The molecule has 0 atom stereocenters. The Morgan fingerprint density at radius 1 is 1.47 bits per heavy atom. The molecule has 1 aromatic rings. The van der Waals surface area contributed by atoms with Gasteiger partial charge in [-0.25, -0.2) is 0 Å². The molecule has 1 rings (SSSR count). The van der Waals surface area contributed by atoms with Gasteiger partial charge < -0.3 is 10.1 Å². The van der Waals surface area contributed by atoms with Gasteiger partial charge in [0.2, 0.25) is 0 Å². The fourth-order valence-electron chi connectivity index (χ4n) is 1.14. The third kappa shape index (κ3) is 4.34. The quantitative estimate of drug-likeness (QED) is 0.837. The first-order valence-corrected chi connectivity index (χ1v) is 5.67. The Labute approximate surface area is 97.9 Å². The van der Waals surface area contributed by atoms with E-state index in [0.717, 1.165) is 10.2 Å². The summed E-state index contributed by atoms with van der Waals surface area (Å²) in [4.78, 5) is 11.0. The van der Waals surface area contributed by atoms with E-state index in [1.807, 2.05) is 24.3 Å². The molecule has 0 bridgehead atoms. The van der Waals surface area contributed by atoms with Gasteiger partial charge in [0.1, 0.15) is 0 Å². The molecule has 82 valence electrons. The Morgan fingerprint density at radius 3 is 2.87 bits per heavy atom. The van der Waals surface area contributed by atoms with Crippen LogP contribution in [-0.4, -0.2) is 19.1 Å². The summed E-state index contributed by atoms with van der Waals surface area (Å²) in [6, 6.07) is 7.79. The second-order valence-electron chi connectivity index (χ2n) is 2.96. The summed E-state index contributed by atoms with van der Waals surface area (Å²) in [5, 5.41) is 3.15. The number of nitrogens with one attached hydrogen (secondary N) is 1. The predicted octanol–water partition coefficient (Wildman–Crippen LogP) is 2.81. The van der Waals surface area contributed by atoms with Gasteiger partial charge in [0.25, 0.3) is 0 Å². The van der Waals surface area contributed by atoms with Crippen LogP contribution in [0.15, 0.2) is 28.7 Å². The highest BCUT2D eigenvalue weighted by Gasteiger charge is 2.01. The van der Waals surface area contributed by atoms with E-state index in [0.29, 0.717) is 19.6 Å². The SMILES string of the molecule is CCOC(=O)CCNc1ccccc1Br. The second kappa shape index (κ2) is 6.45. The largest absolute Gasteiger partial charge is 0.466 e. The molecule has 0 aliphatic carbocycles. The first-order chi connectivity index (χ1) is 7.24. The van der Waals surface area contributed by atoms with Crippen molar-refractivity contribution >= 4 is 27.6 Å². The Kier molecular flexibility index (Phi) is 5.18. The smallest absolute Gasteiger partial charge is 0.307 e. The van der Waals surface area contributed by atoms with Gasteiger partial charge in [-0.2, -0.15) is 0 Å². The van der Waals surface area contributed by atoms with Crippen molar-refractivity contribution in [3.63, 3.8) is 0 Å². The van der Waals surface area contributed by atoms with Crippen LogP contribution >= 0.6 is 15.9 Å². The molecule has 15 heavy (non-hydrogen) atoms. The Hall–Kier alpha value is -1.03. The summed E-state index contributed by atoms with van der Waals surface area (Å²) in [7, 11) is 0. The molecule has 3 nitrogen and oxygen atoms in total. The topological polar surface area (TPSA) is 38.3 Å². The van der Waals surface area contributed by atoms with Crippen LogP contribution in [0.4, 0.5) is 5.69 Å². The second-order valence-corrected chi connectivity index (χ2v) is 3.82. The minimum Gasteiger partial charge on any atom is -0.466 e. The van der Waals surface area contributed by atoms with E-state index >= 15 is 0 Å². The van der Waals surface area contributed by atoms with Crippen LogP contribution in [0.25, 0.3) is 0 Å². The first-order valence-electron chi connectivity index (χ1n) is 4.88. The van der Waals surface area contributed by atoms with Crippen LogP contribution in [-0.2, 0) is 9.53 Å². The molecule has 0 unspecified atom stereocenters. The molecule has 0 amide bonds. The zero-order valence-corrected chi connectivity index (χ0v) is 10.2. The van der Waals surface area contributed by atoms with Crippen molar-refractivity contribution in [1.82, 2.24) is 0 Å². The number of esters is 1. The lowest BCUT2D eigenvalue weighted by atomic mass is 10.3. The van der Waals surface area contributed by atoms with Crippen LogP contribution in [0.1, 0.15) is 13.3 Å². The Balaban J connectivity index is 2.32. The van der Waals surface area contributed by atoms with E-state index in [1.54, 1.807) is 6.92 Å². The lowest BCUT2D eigenvalue weighted by Gasteiger charge is -2.07. The maximum atomic E-state index is 11.0. The summed E-state index contributed by atoms with van der Waals surface area (Å²) >= 11 is 3.42. The van der Waals surface area contributed by atoms with E-state index in [2.05, 4.69) is 21.2 Å². The highest BCUT2D eigenvalue weighted by atomic mass is 79.9. The normalized spacial score (nSPS) is 9.73. The standard InChI is InChI=1S/C11H14BrNO2/c1-2-15-11(14)7-8-13-10-6-4-3-5-9(10)12/h3-6,13H,2,7-8H2,1H3. The van der Waals surface area contributed by atoms with Crippen LogP contribution in [0.2, 0.25) is 0 Å². The molecule has 0 heterocycles. The van der Waals surface area contributed by atoms with Crippen molar-refractivity contribution in [2.45, 2.75) is 13.3 Å². The average Bonchev–Trinajstić information content (AvgIpc) is 2.21. The number of benzene rings is 1. The summed E-state index contributed by atoms with van der Waals surface area (Å²) in [6.45, 7) is 2.83. The van der Waals surface area contributed by atoms with E-state index < -0.39 is 0 Å². The number of carbonyl (C=O) groups is 1. The molecule has 0 radical (unpaired) electrons. The molecule has 4 heteroatoms. The number of anilines is 1. The molecule has 0 saturated carbocycles. The number of halogens is 1. The maximum Gasteiger partial charge on any atom is 0.307 e. The van der Waals surface area contributed by atoms with Gasteiger partial charge in [0.15, 0.2) is 0 Å². The van der Waals surface area contributed by atoms with Crippen LogP contribution < -0.4 is 5.32 Å². The number of hydrogen-bond acceptors (Lipinski definition) is 3. The molecule has 0 fully saturated rings. The minimum atomic E-state index is -0.169. The van der Waals surface area contributed by atoms with Crippen molar-refractivity contribution in [3.8, 4) is 0 Å². The van der Waals surface area contributed by atoms with E-state index in [4.69, 9.17) is 4.74 Å². The van der Waals surface area contributed by atoms with Crippen molar-refractivity contribution in [1.29, 1.82) is 0 Å². The summed E-state index contributed by atoms with van der Waals surface area (Å²) in [6.07, 6.45) is 0.384. The minimum absolute atomic E-state index is 0.169. The lowest BCUT2D eigenvalue weighted by Crippen LogP contribution is -2.11. The molecular formula is C11H14BrNO2. The number of rotatable bonds is 5. The molecule has 1 aromatic carbocycles. The van der Waals surface area contributed by atoms with Crippen LogP contribution in [0.3, 0.4) is 0 Å². The predicted molar refractivity (Wildman–Crippen MR) is 63.9 cm³/mol. The van der Waals surface area contributed by atoms with Crippen molar-refractivity contribution in [2.75, 3.05) is 18.5 Å².